The van der Waals surface area contributed by atoms with E-state index < -0.39 is 23.1 Å². The summed E-state index contributed by atoms with van der Waals surface area (Å²) in [6, 6.07) is 15.3. The van der Waals surface area contributed by atoms with Gasteiger partial charge in [0.25, 0.3) is 5.56 Å². The van der Waals surface area contributed by atoms with Crippen molar-refractivity contribution in [2.24, 2.45) is 0 Å². The van der Waals surface area contributed by atoms with Crippen LogP contribution in [0.1, 0.15) is 29.5 Å². The molecule has 4 rings (SSSR count). The fourth-order valence-corrected chi connectivity index (χ4v) is 3.61. The third-order valence-electron chi connectivity index (χ3n) is 4.86. The molecule has 0 bridgehead atoms. The van der Waals surface area contributed by atoms with Crippen molar-refractivity contribution in [1.29, 1.82) is 0 Å². The van der Waals surface area contributed by atoms with Crippen molar-refractivity contribution in [3.8, 4) is 5.75 Å². The van der Waals surface area contributed by atoms with E-state index in [0.717, 1.165) is 0 Å². The molecule has 0 unspecified atom stereocenters. The lowest BCUT2D eigenvalue weighted by Gasteiger charge is -2.30. The number of carbonyl (C=O) groups is 1. The van der Waals surface area contributed by atoms with E-state index in [2.05, 4.69) is 15.3 Å². The molecular weight excluding hydrogens is 386 g/mol. The van der Waals surface area contributed by atoms with Gasteiger partial charge in [-0.1, -0.05) is 42.5 Å². The molecule has 2 heterocycles. The average Bonchev–Trinajstić information content (AvgIpc) is 2.73. The summed E-state index contributed by atoms with van der Waals surface area (Å²) in [6.07, 6.45) is 0. The molecule has 30 heavy (non-hydrogen) atoms. The Morgan fingerprint density at radius 3 is 2.40 bits per heavy atom. The molecule has 0 radical (unpaired) electrons. The Labute approximate surface area is 170 Å². The number of hydrogen-bond acceptors (Lipinski definition) is 6. The third-order valence-corrected chi connectivity index (χ3v) is 4.86. The Kier molecular flexibility index (Phi) is 4.97. The Balaban J connectivity index is 2.06. The number of benzene rings is 2. The molecule has 3 aromatic rings. The maximum absolute atomic E-state index is 13.1. The summed E-state index contributed by atoms with van der Waals surface area (Å²) in [5, 5.41) is 12.7. The van der Waals surface area contributed by atoms with Crippen LogP contribution in [0.3, 0.4) is 0 Å². The van der Waals surface area contributed by atoms with Crippen LogP contribution in [0.15, 0.2) is 69.8 Å². The van der Waals surface area contributed by atoms with Gasteiger partial charge in [-0.05, 0) is 30.2 Å². The van der Waals surface area contributed by atoms with E-state index in [1.165, 1.54) is 12.1 Å². The van der Waals surface area contributed by atoms with E-state index in [1.54, 1.807) is 19.1 Å². The van der Waals surface area contributed by atoms with Gasteiger partial charge in [-0.2, -0.15) is 0 Å². The molecule has 8 heteroatoms. The summed E-state index contributed by atoms with van der Waals surface area (Å²) >= 11 is 0. The van der Waals surface area contributed by atoms with Crippen molar-refractivity contribution in [3.05, 3.63) is 97.7 Å². The maximum atomic E-state index is 13.1. The Morgan fingerprint density at radius 2 is 1.73 bits per heavy atom. The summed E-state index contributed by atoms with van der Waals surface area (Å²) in [5.74, 6) is -1.16. The number of nitrogens with one attached hydrogen (secondary N) is 3. The van der Waals surface area contributed by atoms with Gasteiger partial charge in [0.05, 0.1) is 29.4 Å². The Bertz CT molecular complexity index is 1240. The van der Waals surface area contributed by atoms with Crippen molar-refractivity contribution in [1.82, 2.24) is 9.97 Å². The second kappa shape index (κ2) is 7.75. The first-order valence-electron chi connectivity index (χ1n) is 9.38. The topological polar surface area (TPSA) is 124 Å². The van der Waals surface area contributed by atoms with Gasteiger partial charge >= 0.3 is 11.7 Å². The van der Waals surface area contributed by atoms with E-state index in [1.807, 2.05) is 30.3 Å². The fourth-order valence-electron chi connectivity index (χ4n) is 3.61. The molecule has 0 spiro atoms. The molecule has 4 N–H and O–H groups in total. The van der Waals surface area contributed by atoms with Crippen LogP contribution in [0.4, 0.5) is 5.82 Å². The summed E-state index contributed by atoms with van der Waals surface area (Å²) < 4.78 is 5.32. The van der Waals surface area contributed by atoms with E-state index in [0.29, 0.717) is 16.8 Å². The highest BCUT2D eigenvalue weighted by atomic mass is 16.5. The molecule has 1 aliphatic rings. The van der Waals surface area contributed by atoms with Gasteiger partial charge in [0.2, 0.25) is 0 Å². The van der Waals surface area contributed by atoms with Gasteiger partial charge in [-0.25, -0.2) is 9.59 Å². The van der Waals surface area contributed by atoms with Crippen molar-refractivity contribution in [3.63, 3.8) is 0 Å². The van der Waals surface area contributed by atoms with Crippen molar-refractivity contribution in [2.45, 2.75) is 12.8 Å². The van der Waals surface area contributed by atoms with Crippen LogP contribution in [0.2, 0.25) is 0 Å². The number of phenolic OH excluding ortho intramolecular Hbond substituents is 1. The quantitative estimate of drug-likeness (QED) is 0.494. The highest BCUT2D eigenvalue weighted by Crippen LogP contribution is 2.42. The van der Waals surface area contributed by atoms with Crippen LogP contribution in [-0.2, 0) is 9.53 Å². The first-order valence-corrected chi connectivity index (χ1v) is 9.38. The number of aromatic hydroxyl groups is 1. The zero-order chi connectivity index (χ0) is 21.3. The second-order valence-electron chi connectivity index (χ2n) is 6.72. The molecule has 0 aliphatic carbocycles. The largest absolute Gasteiger partial charge is 0.508 e. The highest BCUT2D eigenvalue weighted by Gasteiger charge is 2.37. The van der Waals surface area contributed by atoms with Gasteiger partial charge in [0, 0.05) is 0 Å². The SMILES string of the molecule is CCOC(=O)C1=C(c2ccccc2)Nc2[nH]c(=O)[nH]c(=O)c2[C@@H]1c1ccc(O)cc1. The number of carbonyl (C=O) groups excluding carboxylic acids is 1. The minimum atomic E-state index is -0.822. The maximum Gasteiger partial charge on any atom is 0.337 e. The Hall–Kier alpha value is -4.07. The molecule has 2 aromatic carbocycles. The fraction of sp³-hybridized carbons (Fsp3) is 0.136. The lowest BCUT2D eigenvalue weighted by molar-refractivity contribution is -0.138. The first kappa shape index (κ1) is 19.3. The van der Waals surface area contributed by atoms with Crippen LogP contribution in [-0.4, -0.2) is 27.7 Å². The van der Waals surface area contributed by atoms with Crippen LogP contribution in [0.25, 0.3) is 5.70 Å². The minimum Gasteiger partial charge on any atom is -0.508 e. The average molecular weight is 405 g/mol. The predicted molar refractivity (Wildman–Crippen MR) is 111 cm³/mol. The van der Waals surface area contributed by atoms with Gasteiger partial charge in [-0.15, -0.1) is 0 Å². The lowest BCUT2D eigenvalue weighted by atomic mass is 9.81. The molecule has 8 nitrogen and oxygen atoms in total. The predicted octanol–water partition coefficient (Wildman–Crippen LogP) is 2.30. The second-order valence-corrected chi connectivity index (χ2v) is 6.72. The minimum absolute atomic E-state index is 0.0493. The number of esters is 1. The summed E-state index contributed by atoms with van der Waals surface area (Å²) in [6.45, 7) is 1.85. The van der Waals surface area contributed by atoms with Crippen molar-refractivity contribution in [2.75, 3.05) is 11.9 Å². The van der Waals surface area contributed by atoms with Gasteiger partial charge in [0.15, 0.2) is 0 Å². The molecule has 1 aliphatic heterocycles. The summed E-state index contributed by atoms with van der Waals surface area (Å²) in [5.41, 5.74) is 0.847. The number of fused-ring (bicyclic) bond motifs is 1. The monoisotopic (exact) mass is 405 g/mol. The number of aromatic amines is 2. The van der Waals surface area contributed by atoms with Crippen LogP contribution in [0.5, 0.6) is 5.75 Å². The molecule has 0 saturated heterocycles. The normalized spacial score (nSPS) is 15.3. The molecular formula is C22H19N3O5. The molecule has 1 aromatic heterocycles. The lowest BCUT2D eigenvalue weighted by Crippen LogP contribution is -2.35. The standard InChI is InChI=1S/C22H19N3O5/c1-2-30-21(28)16-15(12-8-10-14(26)11-9-12)17-19(24-22(29)25-20(17)27)23-18(16)13-6-4-3-5-7-13/h3-11,15,26H,2H2,1H3,(H3,23,24,25,27,29)/t15-/m1/s1. The molecule has 0 saturated carbocycles. The molecule has 0 fully saturated rings. The molecule has 1 atom stereocenters. The van der Waals surface area contributed by atoms with E-state index in [4.69, 9.17) is 4.74 Å². The van der Waals surface area contributed by atoms with Crippen molar-refractivity contribution >= 4 is 17.5 Å². The number of rotatable bonds is 4. The zero-order valence-electron chi connectivity index (χ0n) is 16.1. The van der Waals surface area contributed by atoms with Gasteiger partial charge < -0.3 is 15.2 Å². The first-order chi connectivity index (χ1) is 14.5. The summed E-state index contributed by atoms with van der Waals surface area (Å²) in [7, 11) is 0. The number of anilines is 1. The van der Waals surface area contributed by atoms with Gasteiger partial charge in [0.1, 0.15) is 11.6 Å². The van der Waals surface area contributed by atoms with E-state index in [-0.39, 0.29) is 29.3 Å². The van der Waals surface area contributed by atoms with E-state index in [9.17, 15) is 19.5 Å². The number of ether oxygens (including phenoxy) is 1. The number of phenols is 1. The van der Waals surface area contributed by atoms with Crippen LogP contribution in [0, 0.1) is 0 Å². The third kappa shape index (κ3) is 3.39. The van der Waals surface area contributed by atoms with Crippen LogP contribution >= 0.6 is 0 Å². The number of H-pyrrole nitrogens is 2. The molecule has 0 amide bonds. The Morgan fingerprint density at radius 1 is 1.03 bits per heavy atom. The van der Waals surface area contributed by atoms with Crippen molar-refractivity contribution < 1.29 is 14.6 Å². The zero-order valence-corrected chi connectivity index (χ0v) is 16.1. The van der Waals surface area contributed by atoms with Gasteiger partial charge in [-0.3, -0.25) is 14.8 Å². The smallest absolute Gasteiger partial charge is 0.337 e. The van der Waals surface area contributed by atoms with E-state index >= 15 is 0 Å². The highest BCUT2D eigenvalue weighted by molar-refractivity contribution is 6.04. The summed E-state index contributed by atoms with van der Waals surface area (Å²) in [4.78, 5) is 42.6. The van der Waals surface area contributed by atoms with Crippen LogP contribution < -0.4 is 16.6 Å². The number of aromatic nitrogens is 2. The molecule has 152 valence electrons. The number of hydrogen-bond donors (Lipinski definition) is 4.